The second kappa shape index (κ2) is 5.97. The molecule has 104 valence electrons. The second-order valence-electron chi connectivity index (χ2n) is 4.81. The van der Waals surface area contributed by atoms with E-state index < -0.39 is 0 Å². The van der Waals surface area contributed by atoms with E-state index in [9.17, 15) is 9.59 Å². The molecule has 19 heavy (non-hydrogen) atoms. The van der Waals surface area contributed by atoms with Gasteiger partial charge in [-0.15, -0.1) is 0 Å². The van der Waals surface area contributed by atoms with E-state index in [0.717, 1.165) is 12.8 Å². The van der Waals surface area contributed by atoms with Crippen molar-refractivity contribution in [3.8, 4) is 0 Å². The van der Waals surface area contributed by atoms with Gasteiger partial charge < -0.3 is 14.2 Å². The molecule has 0 aromatic carbocycles. The minimum absolute atomic E-state index is 0.00687. The number of rotatable bonds is 5. The van der Waals surface area contributed by atoms with E-state index in [4.69, 9.17) is 9.26 Å². The van der Waals surface area contributed by atoms with E-state index in [1.807, 2.05) is 0 Å². The van der Waals surface area contributed by atoms with Crippen LogP contribution in [0.2, 0.25) is 0 Å². The Morgan fingerprint density at radius 1 is 1.58 bits per heavy atom. The van der Waals surface area contributed by atoms with E-state index in [2.05, 4.69) is 5.16 Å². The average Bonchev–Trinajstić information content (AvgIpc) is 2.97. The van der Waals surface area contributed by atoms with Crippen LogP contribution in [0.4, 0.5) is 0 Å². The fourth-order valence-electron chi connectivity index (χ4n) is 2.42. The third-order valence-electron chi connectivity index (χ3n) is 3.23. The molecule has 1 aliphatic rings. The highest BCUT2D eigenvalue weighted by molar-refractivity contribution is 5.93. The van der Waals surface area contributed by atoms with Crippen LogP contribution in [-0.4, -0.2) is 41.4 Å². The maximum absolute atomic E-state index is 12.3. The monoisotopic (exact) mass is 266 g/mol. The summed E-state index contributed by atoms with van der Waals surface area (Å²) in [5.41, 5.74) is 0.280. The van der Waals surface area contributed by atoms with Crippen LogP contribution in [-0.2, 0) is 16.1 Å². The Balaban J connectivity index is 2.06. The Bertz CT molecular complexity index is 469. The smallest absolute Gasteiger partial charge is 0.276 e. The van der Waals surface area contributed by atoms with Gasteiger partial charge in [0.2, 0.25) is 0 Å². The number of hydrogen-bond donors (Lipinski definition) is 0. The van der Waals surface area contributed by atoms with E-state index in [-0.39, 0.29) is 30.0 Å². The Kier molecular flexibility index (Phi) is 4.31. The van der Waals surface area contributed by atoms with Crippen molar-refractivity contribution in [1.82, 2.24) is 10.1 Å². The Hall–Kier alpha value is -1.69. The molecule has 2 heterocycles. The molecule has 1 aromatic rings. The van der Waals surface area contributed by atoms with Crippen molar-refractivity contribution >= 4 is 11.7 Å². The average molecular weight is 266 g/mol. The molecule has 0 saturated carbocycles. The Labute approximate surface area is 111 Å². The van der Waals surface area contributed by atoms with Crippen molar-refractivity contribution in [2.45, 2.75) is 38.8 Å². The standard InChI is InChI=1S/C13H18N2O4/c1-9(16)6-10-4-3-5-15(10)13(17)12-7-11(8-18-2)19-14-12/h7,10H,3-6,8H2,1-2H3. The number of Topliss-reactive ketones (excluding diaryl/α,β-unsaturated/α-hetero) is 1. The third kappa shape index (κ3) is 3.20. The van der Waals surface area contributed by atoms with Crippen molar-refractivity contribution < 1.29 is 18.8 Å². The summed E-state index contributed by atoms with van der Waals surface area (Å²) in [6, 6.07) is 1.59. The minimum atomic E-state index is -0.171. The first-order valence-electron chi connectivity index (χ1n) is 6.36. The number of methoxy groups -OCH3 is 1. The maximum atomic E-state index is 12.3. The van der Waals surface area contributed by atoms with Crippen LogP contribution in [0, 0.1) is 0 Å². The number of ketones is 1. The summed E-state index contributed by atoms with van der Waals surface area (Å²) in [5, 5.41) is 3.76. The number of likely N-dealkylation sites (tertiary alicyclic amines) is 1. The van der Waals surface area contributed by atoms with Gasteiger partial charge in [-0.3, -0.25) is 9.59 Å². The lowest BCUT2D eigenvalue weighted by Gasteiger charge is -2.22. The molecule has 0 radical (unpaired) electrons. The second-order valence-corrected chi connectivity index (χ2v) is 4.81. The first-order valence-corrected chi connectivity index (χ1v) is 6.36. The summed E-state index contributed by atoms with van der Waals surface area (Å²) in [5.74, 6) is 0.452. The van der Waals surface area contributed by atoms with Gasteiger partial charge in [-0.05, 0) is 19.8 Å². The number of ether oxygens (including phenoxy) is 1. The zero-order valence-electron chi connectivity index (χ0n) is 11.2. The molecule has 6 heteroatoms. The molecule has 0 N–H and O–H groups in total. The number of carbonyl (C=O) groups is 2. The molecular weight excluding hydrogens is 248 g/mol. The molecule has 1 saturated heterocycles. The highest BCUT2D eigenvalue weighted by atomic mass is 16.5. The van der Waals surface area contributed by atoms with Gasteiger partial charge in [-0.2, -0.15) is 0 Å². The van der Waals surface area contributed by atoms with Crippen LogP contribution in [0.5, 0.6) is 0 Å². The number of nitrogens with zero attached hydrogens (tertiary/aromatic N) is 2. The fourth-order valence-corrected chi connectivity index (χ4v) is 2.42. The van der Waals surface area contributed by atoms with E-state index >= 15 is 0 Å². The van der Waals surface area contributed by atoms with Crippen molar-refractivity contribution in [3.63, 3.8) is 0 Å². The molecule has 6 nitrogen and oxygen atoms in total. The van der Waals surface area contributed by atoms with Crippen LogP contribution in [0.3, 0.4) is 0 Å². The Morgan fingerprint density at radius 3 is 3.05 bits per heavy atom. The van der Waals surface area contributed by atoms with E-state index in [1.165, 1.54) is 0 Å². The van der Waals surface area contributed by atoms with Crippen LogP contribution in [0.1, 0.15) is 42.4 Å². The fraction of sp³-hybridized carbons (Fsp3) is 0.615. The number of amides is 1. The first kappa shape index (κ1) is 13.7. The molecule has 1 aromatic heterocycles. The molecule has 0 bridgehead atoms. The molecular formula is C13H18N2O4. The molecule has 0 spiro atoms. The molecule has 1 fully saturated rings. The van der Waals surface area contributed by atoms with Crippen molar-refractivity contribution in [3.05, 3.63) is 17.5 Å². The highest BCUT2D eigenvalue weighted by Gasteiger charge is 2.31. The zero-order valence-corrected chi connectivity index (χ0v) is 11.2. The largest absolute Gasteiger partial charge is 0.377 e. The SMILES string of the molecule is COCc1cc(C(=O)N2CCCC2CC(C)=O)no1. The highest BCUT2D eigenvalue weighted by Crippen LogP contribution is 2.22. The summed E-state index contributed by atoms with van der Waals surface area (Å²) in [7, 11) is 1.55. The topological polar surface area (TPSA) is 72.6 Å². The summed E-state index contributed by atoms with van der Waals surface area (Å²) in [6.07, 6.45) is 2.20. The number of hydrogen-bond acceptors (Lipinski definition) is 5. The normalized spacial score (nSPS) is 18.8. The molecule has 2 rings (SSSR count). The molecule has 1 amide bonds. The predicted octanol–water partition coefficient (Wildman–Crippen LogP) is 1.40. The zero-order chi connectivity index (χ0) is 13.8. The van der Waals surface area contributed by atoms with Crippen LogP contribution in [0.15, 0.2) is 10.6 Å². The molecule has 1 atom stereocenters. The van der Waals surface area contributed by atoms with Crippen LogP contribution >= 0.6 is 0 Å². The minimum Gasteiger partial charge on any atom is -0.377 e. The van der Waals surface area contributed by atoms with Gasteiger partial charge in [0, 0.05) is 32.2 Å². The number of carbonyl (C=O) groups excluding carboxylic acids is 2. The summed E-state index contributed by atoms with van der Waals surface area (Å²) >= 11 is 0. The Morgan fingerprint density at radius 2 is 2.37 bits per heavy atom. The third-order valence-corrected chi connectivity index (χ3v) is 3.23. The lowest BCUT2D eigenvalue weighted by Crippen LogP contribution is -2.36. The number of aromatic nitrogens is 1. The molecule has 1 unspecified atom stereocenters. The van der Waals surface area contributed by atoms with Gasteiger partial charge in [0.05, 0.1) is 0 Å². The summed E-state index contributed by atoms with van der Waals surface area (Å²) < 4.78 is 9.93. The first-order chi connectivity index (χ1) is 9.11. The van der Waals surface area contributed by atoms with Crippen molar-refractivity contribution in [1.29, 1.82) is 0 Å². The van der Waals surface area contributed by atoms with E-state index in [1.54, 1.807) is 25.0 Å². The van der Waals surface area contributed by atoms with Crippen LogP contribution < -0.4 is 0 Å². The quantitative estimate of drug-likeness (QED) is 0.805. The maximum Gasteiger partial charge on any atom is 0.276 e. The van der Waals surface area contributed by atoms with Crippen molar-refractivity contribution in [2.24, 2.45) is 0 Å². The summed E-state index contributed by atoms with van der Waals surface area (Å²) in [6.45, 7) is 2.51. The summed E-state index contributed by atoms with van der Waals surface area (Å²) in [4.78, 5) is 25.2. The van der Waals surface area contributed by atoms with Gasteiger partial charge in [0.15, 0.2) is 11.5 Å². The van der Waals surface area contributed by atoms with Gasteiger partial charge >= 0.3 is 0 Å². The van der Waals surface area contributed by atoms with E-state index in [0.29, 0.717) is 18.7 Å². The predicted molar refractivity (Wildman–Crippen MR) is 66.6 cm³/mol. The molecule has 0 aliphatic carbocycles. The van der Waals surface area contributed by atoms with Gasteiger partial charge in [0.25, 0.3) is 5.91 Å². The lowest BCUT2D eigenvalue weighted by molar-refractivity contribution is -0.117. The van der Waals surface area contributed by atoms with Gasteiger partial charge in [-0.1, -0.05) is 5.16 Å². The van der Waals surface area contributed by atoms with Gasteiger partial charge in [0.1, 0.15) is 12.4 Å². The van der Waals surface area contributed by atoms with Crippen molar-refractivity contribution in [2.75, 3.05) is 13.7 Å². The van der Waals surface area contributed by atoms with Gasteiger partial charge in [-0.25, -0.2) is 0 Å². The molecule has 1 aliphatic heterocycles. The lowest BCUT2D eigenvalue weighted by atomic mass is 10.1. The van der Waals surface area contributed by atoms with Crippen LogP contribution in [0.25, 0.3) is 0 Å².